The number of hydrogen-bond acceptors (Lipinski definition) is 0. The molecule has 111 valence electrons. The fourth-order valence-electron chi connectivity index (χ4n) is 0.801. The summed E-state index contributed by atoms with van der Waals surface area (Å²) in [6.45, 7) is 0. The zero-order chi connectivity index (χ0) is 15.1. The Morgan fingerprint density at radius 3 is 1.21 bits per heavy atom. The first-order chi connectivity index (χ1) is 8.34. The first-order valence-electron chi connectivity index (χ1n) is 4.91. The molecule has 1 aromatic rings. The third kappa shape index (κ3) is 26.7. The van der Waals surface area contributed by atoms with Crippen LogP contribution in [0, 0.1) is 0 Å². The zero-order valence-corrected chi connectivity index (χ0v) is 11.5. The minimum atomic E-state index is -10.7. The molecule has 0 bridgehead atoms. The number of halogens is 6. The maximum atomic E-state index is 9.87. The molecular formula is C11H11F6FeP-. The largest absolute Gasteiger partial charge is 0.0623 e. The van der Waals surface area contributed by atoms with E-state index in [0.29, 0.717) is 0 Å². The van der Waals surface area contributed by atoms with Crippen molar-refractivity contribution in [3.05, 3.63) is 59.1 Å². The van der Waals surface area contributed by atoms with E-state index >= 15 is 0 Å². The van der Waals surface area contributed by atoms with E-state index in [9.17, 15) is 25.2 Å². The molecule has 2 rings (SSSR count). The third-order valence-electron chi connectivity index (χ3n) is 1.38. The topological polar surface area (TPSA) is 0 Å². The van der Waals surface area contributed by atoms with Crippen LogP contribution in [0.25, 0.3) is 0 Å². The van der Waals surface area contributed by atoms with E-state index in [-0.39, 0.29) is 0 Å². The van der Waals surface area contributed by atoms with Crippen molar-refractivity contribution in [3.8, 4) is 0 Å². The predicted molar refractivity (Wildman–Crippen MR) is 61.9 cm³/mol. The van der Waals surface area contributed by atoms with E-state index in [2.05, 4.69) is 22.1 Å². The van der Waals surface area contributed by atoms with Gasteiger partial charge in [0.05, 0.1) is 0 Å². The molecule has 0 nitrogen and oxygen atoms in total. The van der Waals surface area contributed by atoms with Crippen LogP contribution in [0.3, 0.4) is 0 Å². The quantitative estimate of drug-likeness (QED) is 0.288. The fraction of sp³-hybridized carbons (Fsp3) is 0.0909. The van der Waals surface area contributed by atoms with Crippen LogP contribution in [0.5, 0.6) is 0 Å². The van der Waals surface area contributed by atoms with Gasteiger partial charge in [-0.1, -0.05) is 36.4 Å². The smallest absolute Gasteiger partial charge is 0.0623 e. The van der Waals surface area contributed by atoms with Gasteiger partial charge in [-0.05, 0) is 0 Å². The van der Waals surface area contributed by atoms with Crippen molar-refractivity contribution in [2.75, 3.05) is 0 Å². The monoisotopic (exact) mass is 344 g/mol. The van der Waals surface area contributed by atoms with Crippen LogP contribution >= 0.6 is 7.81 Å². The first kappa shape index (κ1) is 18.2. The summed E-state index contributed by atoms with van der Waals surface area (Å²) in [5, 5.41) is 0. The van der Waals surface area contributed by atoms with E-state index in [1.165, 1.54) is 4.47 Å². The molecule has 0 heterocycles. The van der Waals surface area contributed by atoms with Crippen molar-refractivity contribution >= 4 is 7.81 Å². The Balaban J connectivity index is 0.000000256. The summed E-state index contributed by atoms with van der Waals surface area (Å²) in [7, 11) is -10.7. The van der Waals surface area contributed by atoms with Crippen LogP contribution in [-0.4, -0.2) is 0 Å². The average molecular weight is 344 g/mol. The molecule has 0 saturated carbocycles. The van der Waals surface area contributed by atoms with Gasteiger partial charge in [0, 0.05) is 0 Å². The molecule has 0 aliphatic heterocycles. The van der Waals surface area contributed by atoms with Crippen LogP contribution < -0.4 is 0 Å². The van der Waals surface area contributed by atoms with Gasteiger partial charge in [-0.3, -0.25) is 0 Å². The summed E-state index contributed by atoms with van der Waals surface area (Å²) < 4.78 is 60.4. The summed E-state index contributed by atoms with van der Waals surface area (Å²) in [6.07, 6.45) is 7.21. The molecule has 19 heavy (non-hydrogen) atoms. The van der Waals surface area contributed by atoms with Crippen LogP contribution in [0.2, 0.25) is 0 Å². The minimum Gasteiger partial charge on any atom is -0.0623 e. The number of rotatable bonds is 0. The van der Waals surface area contributed by atoms with Gasteiger partial charge in [-0.25, -0.2) is 0 Å². The Kier molecular flexibility index (Phi) is 5.87. The fourth-order valence-corrected chi connectivity index (χ4v) is 1.04. The molecule has 1 aromatic carbocycles. The summed E-state index contributed by atoms with van der Waals surface area (Å²) >= 11 is 3.74. The molecule has 1 aliphatic rings. The summed E-state index contributed by atoms with van der Waals surface area (Å²) in [5.74, 6) is 0. The van der Waals surface area contributed by atoms with Gasteiger partial charge in [-0.15, -0.1) is 0 Å². The molecule has 0 amide bonds. The van der Waals surface area contributed by atoms with Crippen LogP contribution in [0.4, 0.5) is 25.2 Å². The Hall–Kier alpha value is -0.771. The number of hydrogen-bond donors (Lipinski definition) is 0. The van der Waals surface area contributed by atoms with Gasteiger partial charge in [0.2, 0.25) is 0 Å². The molecule has 0 atom stereocenters. The van der Waals surface area contributed by atoms with Crippen molar-refractivity contribution in [1.29, 1.82) is 0 Å². The Labute approximate surface area is 115 Å². The van der Waals surface area contributed by atoms with Gasteiger partial charge in [-0.2, -0.15) is 0 Å². The molecule has 0 saturated heterocycles. The van der Waals surface area contributed by atoms with E-state index in [4.69, 9.17) is 0 Å². The summed E-state index contributed by atoms with van der Waals surface area (Å²) in [4.78, 5) is 0. The number of benzene rings is 1. The van der Waals surface area contributed by atoms with E-state index in [1.807, 2.05) is 48.6 Å². The van der Waals surface area contributed by atoms with Crippen molar-refractivity contribution in [1.82, 2.24) is 0 Å². The van der Waals surface area contributed by atoms with E-state index in [1.54, 1.807) is 0 Å². The second kappa shape index (κ2) is 6.12. The first-order valence-corrected chi connectivity index (χ1v) is 7.49. The molecule has 0 N–H and O–H groups in total. The second-order valence-electron chi connectivity index (χ2n) is 3.34. The summed E-state index contributed by atoms with van der Waals surface area (Å²) in [6, 6.07) is 12.0. The van der Waals surface area contributed by atoms with Crippen LogP contribution in [0.1, 0.15) is 6.42 Å². The third-order valence-corrected chi connectivity index (χ3v) is 1.79. The van der Waals surface area contributed by atoms with Gasteiger partial charge in [0.1, 0.15) is 0 Å². The molecule has 0 spiro atoms. The van der Waals surface area contributed by atoms with Gasteiger partial charge in [0.15, 0.2) is 0 Å². The Morgan fingerprint density at radius 2 is 1.11 bits per heavy atom. The maximum absolute atomic E-state index is 10.7. The SMILES string of the molecule is F[P-](F)(F)(F)(F)F.[Fe][C]1=CC=CC1.c1ccccc1. The Morgan fingerprint density at radius 1 is 0.789 bits per heavy atom. The Bertz CT molecular complexity index is 396. The van der Waals surface area contributed by atoms with Gasteiger partial charge >= 0.3 is 78.1 Å². The molecule has 0 unspecified atom stereocenters. The second-order valence-corrected chi connectivity index (χ2v) is 5.97. The molecule has 0 radical (unpaired) electrons. The maximum Gasteiger partial charge on any atom is -0.0623 e. The van der Waals surface area contributed by atoms with E-state index < -0.39 is 7.81 Å². The average Bonchev–Trinajstić information content (AvgIpc) is 2.68. The van der Waals surface area contributed by atoms with Crippen LogP contribution in [0.15, 0.2) is 59.1 Å². The summed E-state index contributed by atoms with van der Waals surface area (Å²) in [5.41, 5.74) is 0. The van der Waals surface area contributed by atoms with E-state index in [0.717, 1.165) is 6.42 Å². The molecular weight excluding hydrogens is 333 g/mol. The minimum absolute atomic E-state index is 1.06. The normalized spacial score (nSPS) is 16.9. The standard InChI is InChI=1S/C6H6.C5H5.F6P.Fe/c1-2-4-6-5-3-1;1-2-4-5-3-1;1-7(2,3,4,5)6;/h1-6H;1-3H,4H2;;/q;;-1;. The van der Waals surface area contributed by atoms with Crippen molar-refractivity contribution in [2.24, 2.45) is 0 Å². The van der Waals surface area contributed by atoms with Crippen molar-refractivity contribution in [3.63, 3.8) is 0 Å². The molecule has 1 aliphatic carbocycles. The van der Waals surface area contributed by atoms with Crippen molar-refractivity contribution in [2.45, 2.75) is 6.42 Å². The number of allylic oxidation sites excluding steroid dienone is 4. The molecule has 0 fully saturated rings. The zero-order valence-electron chi connectivity index (χ0n) is 9.47. The van der Waals surface area contributed by atoms with Crippen LogP contribution in [-0.2, 0) is 16.0 Å². The van der Waals surface area contributed by atoms with Gasteiger partial charge < -0.3 is 0 Å². The van der Waals surface area contributed by atoms with Crippen molar-refractivity contribution < 1.29 is 41.2 Å². The molecule has 0 aromatic heterocycles. The predicted octanol–water partition coefficient (Wildman–Crippen LogP) is 6.45. The van der Waals surface area contributed by atoms with Gasteiger partial charge in [0.25, 0.3) is 0 Å². The molecule has 8 heteroatoms.